The predicted molar refractivity (Wildman–Crippen MR) is 138 cm³/mol. The summed E-state index contributed by atoms with van der Waals surface area (Å²) < 4.78 is 13.0. The van der Waals surface area contributed by atoms with Crippen molar-refractivity contribution < 1.29 is 14.3 Å². The number of aryl methyl sites for hydroxylation is 1. The van der Waals surface area contributed by atoms with E-state index in [1.54, 1.807) is 13.3 Å². The van der Waals surface area contributed by atoms with Gasteiger partial charge in [-0.2, -0.15) is 0 Å². The first-order valence-corrected chi connectivity index (χ1v) is 12.0. The van der Waals surface area contributed by atoms with E-state index in [2.05, 4.69) is 47.8 Å². The molecule has 0 N–H and O–H groups in total. The van der Waals surface area contributed by atoms with Crippen LogP contribution < -0.4 is 4.74 Å². The van der Waals surface area contributed by atoms with Gasteiger partial charge in [0.15, 0.2) is 0 Å². The number of fused-ring (bicyclic) bond motifs is 3. The molecule has 4 aromatic rings. The molecular weight excluding hydrogens is 436 g/mol. The Bertz CT molecular complexity index is 1370. The zero-order valence-corrected chi connectivity index (χ0v) is 20.7. The normalized spacial score (nSPS) is 12.3. The molecule has 5 rings (SSSR count). The van der Waals surface area contributed by atoms with E-state index in [9.17, 15) is 4.79 Å². The van der Waals surface area contributed by atoms with Gasteiger partial charge in [0.1, 0.15) is 5.75 Å². The van der Waals surface area contributed by atoms with Gasteiger partial charge < -0.3 is 14.0 Å². The maximum atomic E-state index is 11.9. The van der Waals surface area contributed by atoms with E-state index in [4.69, 9.17) is 9.47 Å². The summed E-state index contributed by atoms with van der Waals surface area (Å²) in [6, 6.07) is 16.3. The molecule has 5 heteroatoms. The minimum absolute atomic E-state index is 0.324. The Labute approximate surface area is 206 Å². The highest BCUT2D eigenvalue weighted by Crippen LogP contribution is 2.44. The Hall–Kier alpha value is -3.86. The molecule has 0 bridgehead atoms. The third kappa shape index (κ3) is 4.23. The van der Waals surface area contributed by atoms with E-state index in [1.165, 1.54) is 40.6 Å². The summed E-state index contributed by atoms with van der Waals surface area (Å²) in [5.74, 6) is 1.00. The quantitative estimate of drug-likeness (QED) is 0.314. The molecule has 1 aliphatic rings. The Kier molecular flexibility index (Phi) is 6.16. The third-order valence-corrected chi connectivity index (χ3v) is 6.85. The highest BCUT2D eigenvalue weighted by molar-refractivity contribution is 5.90. The molecule has 0 amide bonds. The number of hydrogen-bond acceptors (Lipinski definition) is 4. The lowest BCUT2D eigenvalue weighted by atomic mass is 9.84. The molecule has 1 aliphatic carbocycles. The lowest BCUT2D eigenvalue weighted by Gasteiger charge is -2.24. The van der Waals surface area contributed by atoms with Crippen molar-refractivity contribution in [2.45, 2.75) is 39.2 Å². The van der Waals surface area contributed by atoms with Gasteiger partial charge >= 0.3 is 5.97 Å². The number of carbonyl (C=O) groups excluding carboxylic acids is 1. The van der Waals surface area contributed by atoms with Gasteiger partial charge in [-0.05, 0) is 70.8 Å². The zero-order valence-electron chi connectivity index (χ0n) is 20.7. The highest BCUT2D eigenvalue weighted by Gasteiger charge is 2.26. The molecule has 2 aromatic heterocycles. The Morgan fingerprint density at radius 2 is 1.86 bits per heavy atom. The Morgan fingerprint density at radius 3 is 2.51 bits per heavy atom. The molecule has 0 fully saturated rings. The molecule has 0 radical (unpaired) electrons. The summed E-state index contributed by atoms with van der Waals surface area (Å²) in [4.78, 5) is 16.2. The topological polar surface area (TPSA) is 53.4 Å². The number of hydrogen-bond donors (Lipinski definition) is 0. The minimum Gasteiger partial charge on any atom is -0.496 e. The van der Waals surface area contributed by atoms with Gasteiger partial charge in [0, 0.05) is 36.3 Å². The average molecular weight is 467 g/mol. The lowest BCUT2D eigenvalue weighted by molar-refractivity contribution is 0.0600. The van der Waals surface area contributed by atoms with Crippen LogP contribution in [-0.2, 0) is 24.1 Å². The standard InChI is InChI=1S/C30H30N2O3/c1-19(2)25-14-23-11-12-24-27(21-7-9-22(10-8-21)30(33)35-4)18-32(17-20-6-5-13-31-16-20)29(24)26(23)15-28(25)34-3/h5-10,13-16,18-19H,11-12,17H2,1-4H3. The second-order valence-corrected chi connectivity index (χ2v) is 9.33. The summed E-state index contributed by atoms with van der Waals surface area (Å²) in [5.41, 5.74) is 10.4. The molecule has 0 saturated carbocycles. The van der Waals surface area contributed by atoms with Gasteiger partial charge in [-0.3, -0.25) is 4.98 Å². The molecule has 0 unspecified atom stereocenters. The second kappa shape index (κ2) is 9.41. The molecule has 5 nitrogen and oxygen atoms in total. The first-order chi connectivity index (χ1) is 17.0. The van der Waals surface area contributed by atoms with E-state index in [0.717, 1.165) is 36.3 Å². The SMILES string of the molecule is COC(=O)c1ccc(-c2cn(Cc3cccnc3)c3c2CCc2cc(C(C)C)c(OC)cc2-3)cc1. The van der Waals surface area contributed by atoms with Gasteiger partial charge in [0.25, 0.3) is 0 Å². The molecule has 2 heterocycles. The lowest BCUT2D eigenvalue weighted by Crippen LogP contribution is -2.10. The molecule has 178 valence electrons. The maximum absolute atomic E-state index is 11.9. The summed E-state index contributed by atoms with van der Waals surface area (Å²) in [5, 5.41) is 0. The van der Waals surface area contributed by atoms with Gasteiger partial charge in [0.2, 0.25) is 0 Å². The number of methoxy groups -OCH3 is 2. The zero-order chi connectivity index (χ0) is 24.5. The van der Waals surface area contributed by atoms with E-state index in [-0.39, 0.29) is 5.97 Å². The predicted octanol–water partition coefficient (Wildman–Crippen LogP) is 6.28. The molecular formula is C30H30N2O3. The van der Waals surface area contributed by atoms with Crippen LogP contribution in [0.15, 0.2) is 67.1 Å². The van der Waals surface area contributed by atoms with E-state index in [0.29, 0.717) is 11.5 Å². The van der Waals surface area contributed by atoms with E-state index >= 15 is 0 Å². The number of benzene rings is 2. The van der Waals surface area contributed by atoms with Crippen LogP contribution in [0.5, 0.6) is 5.75 Å². The molecule has 0 atom stereocenters. The molecule has 2 aromatic carbocycles. The summed E-state index contributed by atoms with van der Waals surface area (Å²) in [6.07, 6.45) is 7.90. The monoisotopic (exact) mass is 466 g/mol. The van der Waals surface area contributed by atoms with Crippen LogP contribution in [-0.4, -0.2) is 29.7 Å². The largest absolute Gasteiger partial charge is 0.496 e. The fraction of sp³-hybridized carbons (Fsp3) is 0.267. The highest BCUT2D eigenvalue weighted by atomic mass is 16.5. The number of pyridine rings is 1. The summed E-state index contributed by atoms with van der Waals surface area (Å²) in [7, 11) is 3.15. The van der Waals surface area contributed by atoms with Crippen molar-refractivity contribution >= 4 is 5.97 Å². The van der Waals surface area contributed by atoms with E-state index < -0.39 is 0 Å². The van der Waals surface area contributed by atoms with Crippen molar-refractivity contribution in [1.82, 2.24) is 9.55 Å². The van der Waals surface area contributed by atoms with Crippen molar-refractivity contribution in [3.8, 4) is 28.1 Å². The summed E-state index contributed by atoms with van der Waals surface area (Å²) in [6.45, 7) is 5.14. The van der Waals surface area contributed by atoms with Crippen LogP contribution in [0.25, 0.3) is 22.4 Å². The Morgan fingerprint density at radius 1 is 1.06 bits per heavy atom. The number of esters is 1. The van der Waals surface area contributed by atoms with Crippen LogP contribution in [0.1, 0.15) is 52.4 Å². The number of rotatable bonds is 6. The Balaban J connectivity index is 1.67. The third-order valence-electron chi connectivity index (χ3n) is 6.85. The minimum atomic E-state index is -0.324. The van der Waals surface area contributed by atoms with Crippen LogP contribution in [0.2, 0.25) is 0 Å². The van der Waals surface area contributed by atoms with Crippen LogP contribution in [0.4, 0.5) is 0 Å². The van der Waals surface area contributed by atoms with Crippen molar-refractivity contribution in [1.29, 1.82) is 0 Å². The van der Waals surface area contributed by atoms with Gasteiger partial charge in [-0.15, -0.1) is 0 Å². The van der Waals surface area contributed by atoms with Crippen molar-refractivity contribution in [3.05, 3.63) is 94.9 Å². The van der Waals surface area contributed by atoms with Gasteiger partial charge in [-0.25, -0.2) is 4.79 Å². The first kappa shape index (κ1) is 22.9. The van der Waals surface area contributed by atoms with Gasteiger partial charge in [-0.1, -0.05) is 38.1 Å². The van der Waals surface area contributed by atoms with Crippen molar-refractivity contribution in [2.24, 2.45) is 0 Å². The molecule has 0 saturated heterocycles. The smallest absolute Gasteiger partial charge is 0.337 e. The van der Waals surface area contributed by atoms with Crippen molar-refractivity contribution in [3.63, 3.8) is 0 Å². The second-order valence-electron chi connectivity index (χ2n) is 9.33. The van der Waals surface area contributed by atoms with Crippen LogP contribution in [0, 0.1) is 0 Å². The number of aromatic nitrogens is 2. The van der Waals surface area contributed by atoms with Crippen molar-refractivity contribution in [2.75, 3.05) is 14.2 Å². The maximum Gasteiger partial charge on any atom is 0.337 e. The number of ether oxygens (including phenoxy) is 2. The molecule has 0 spiro atoms. The van der Waals surface area contributed by atoms with Crippen LogP contribution >= 0.6 is 0 Å². The van der Waals surface area contributed by atoms with E-state index in [1.807, 2.05) is 36.5 Å². The van der Waals surface area contributed by atoms with Gasteiger partial charge in [0.05, 0.1) is 25.5 Å². The fourth-order valence-electron chi connectivity index (χ4n) is 5.09. The average Bonchev–Trinajstić information content (AvgIpc) is 3.26. The fourth-order valence-corrected chi connectivity index (χ4v) is 5.09. The first-order valence-electron chi connectivity index (χ1n) is 12.0. The number of nitrogens with zero attached hydrogens (tertiary/aromatic N) is 2. The molecule has 35 heavy (non-hydrogen) atoms. The summed E-state index contributed by atoms with van der Waals surface area (Å²) >= 11 is 0. The number of carbonyl (C=O) groups is 1. The molecule has 0 aliphatic heterocycles. The van der Waals surface area contributed by atoms with Crippen LogP contribution in [0.3, 0.4) is 0 Å².